The van der Waals surface area contributed by atoms with Crippen molar-refractivity contribution in [1.82, 2.24) is 4.90 Å². The molecule has 0 spiro atoms. The Labute approximate surface area is 109 Å². The van der Waals surface area contributed by atoms with Crippen molar-refractivity contribution in [2.45, 2.75) is 38.3 Å². The SMILES string of the molecule is COC(=O)[C@@H]1[C@@H]2[C@H](CN1C(=O)OC(C)(C)C)C2(F)F. The van der Waals surface area contributed by atoms with Crippen LogP contribution in [0.3, 0.4) is 0 Å². The summed E-state index contributed by atoms with van der Waals surface area (Å²) in [6.07, 6.45) is -0.758. The van der Waals surface area contributed by atoms with Gasteiger partial charge in [-0.3, -0.25) is 4.90 Å². The zero-order chi connectivity index (χ0) is 14.6. The van der Waals surface area contributed by atoms with Crippen LogP contribution in [-0.2, 0) is 14.3 Å². The summed E-state index contributed by atoms with van der Waals surface area (Å²) in [6, 6.07) is -1.25. The number of alkyl halides is 2. The smallest absolute Gasteiger partial charge is 0.411 e. The van der Waals surface area contributed by atoms with Gasteiger partial charge in [0.1, 0.15) is 11.6 Å². The second-order valence-corrected chi connectivity index (χ2v) is 5.91. The van der Waals surface area contributed by atoms with Crippen molar-refractivity contribution in [3.63, 3.8) is 0 Å². The first-order valence-corrected chi connectivity index (χ1v) is 6.05. The van der Waals surface area contributed by atoms with E-state index in [1.54, 1.807) is 20.8 Å². The molecule has 0 N–H and O–H groups in total. The molecule has 1 aliphatic heterocycles. The third-order valence-corrected chi connectivity index (χ3v) is 3.40. The van der Waals surface area contributed by atoms with Crippen molar-refractivity contribution in [2.24, 2.45) is 11.8 Å². The molecule has 0 unspecified atom stereocenters. The number of amides is 1. The van der Waals surface area contributed by atoms with Gasteiger partial charge in [0, 0.05) is 6.54 Å². The summed E-state index contributed by atoms with van der Waals surface area (Å²) in [5, 5.41) is 0. The predicted molar refractivity (Wildman–Crippen MR) is 60.7 cm³/mol. The maximum atomic E-state index is 13.4. The van der Waals surface area contributed by atoms with E-state index in [1.165, 1.54) is 0 Å². The number of esters is 1. The van der Waals surface area contributed by atoms with E-state index in [-0.39, 0.29) is 6.54 Å². The summed E-state index contributed by atoms with van der Waals surface area (Å²) in [5.41, 5.74) is -0.743. The highest BCUT2D eigenvalue weighted by Gasteiger charge is 2.78. The van der Waals surface area contributed by atoms with E-state index in [4.69, 9.17) is 4.74 Å². The molecular weight excluding hydrogens is 260 g/mol. The Morgan fingerprint density at radius 3 is 2.37 bits per heavy atom. The number of fused-ring (bicyclic) bond motifs is 1. The molecule has 0 aromatic carbocycles. The Hall–Kier alpha value is -1.40. The minimum Gasteiger partial charge on any atom is -0.467 e. The van der Waals surface area contributed by atoms with Crippen molar-refractivity contribution in [3.8, 4) is 0 Å². The molecule has 1 amide bonds. The molecule has 0 bridgehead atoms. The quantitative estimate of drug-likeness (QED) is 0.684. The zero-order valence-electron chi connectivity index (χ0n) is 11.3. The third kappa shape index (κ3) is 2.26. The third-order valence-electron chi connectivity index (χ3n) is 3.40. The van der Waals surface area contributed by atoms with E-state index in [0.29, 0.717) is 0 Å². The van der Waals surface area contributed by atoms with Crippen LogP contribution in [0.5, 0.6) is 0 Å². The van der Waals surface area contributed by atoms with Gasteiger partial charge < -0.3 is 9.47 Å². The van der Waals surface area contributed by atoms with Gasteiger partial charge in [-0.05, 0) is 20.8 Å². The highest BCUT2D eigenvalue weighted by Crippen LogP contribution is 2.62. The number of piperidine rings is 1. The molecular formula is C12H17F2NO4. The second-order valence-electron chi connectivity index (χ2n) is 5.91. The predicted octanol–water partition coefficient (Wildman–Crippen LogP) is 1.66. The van der Waals surface area contributed by atoms with E-state index in [9.17, 15) is 18.4 Å². The van der Waals surface area contributed by atoms with Crippen LogP contribution in [0.15, 0.2) is 0 Å². The lowest BCUT2D eigenvalue weighted by molar-refractivity contribution is -0.148. The van der Waals surface area contributed by atoms with Gasteiger partial charge in [-0.15, -0.1) is 0 Å². The van der Waals surface area contributed by atoms with Crippen LogP contribution in [0.4, 0.5) is 13.6 Å². The van der Waals surface area contributed by atoms with Crippen LogP contribution in [0, 0.1) is 11.8 Å². The standard InChI is InChI=1S/C12H17F2NO4/c1-11(2,3)19-10(17)15-5-6-7(12(6,13)14)8(15)9(16)18-4/h6-8H,5H2,1-4H3/t6-,7-,8-/m0/s1. The first-order valence-electron chi connectivity index (χ1n) is 6.05. The topological polar surface area (TPSA) is 55.8 Å². The molecule has 0 aromatic rings. The molecule has 2 rings (SSSR count). The minimum atomic E-state index is -2.89. The van der Waals surface area contributed by atoms with Crippen LogP contribution in [0.25, 0.3) is 0 Å². The van der Waals surface area contributed by atoms with Gasteiger partial charge in [0.2, 0.25) is 0 Å². The Morgan fingerprint density at radius 2 is 1.89 bits per heavy atom. The molecule has 1 aliphatic carbocycles. The molecule has 1 saturated carbocycles. The highest BCUT2D eigenvalue weighted by atomic mass is 19.3. The van der Waals surface area contributed by atoms with E-state index in [1.807, 2.05) is 0 Å². The number of nitrogens with zero attached hydrogens (tertiary/aromatic N) is 1. The van der Waals surface area contributed by atoms with Crippen LogP contribution in [-0.4, -0.2) is 48.2 Å². The number of carbonyl (C=O) groups excluding carboxylic acids is 2. The van der Waals surface area contributed by atoms with Gasteiger partial charge >= 0.3 is 12.1 Å². The molecule has 108 valence electrons. The number of methoxy groups -OCH3 is 1. The van der Waals surface area contributed by atoms with Crippen molar-refractivity contribution in [3.05, 3.63) is 0 Å². The van der Waals surface area contributed by atoms with Crippen molar-refractivity contribution in [2.75, 3.05) is 13.7 Å². The van der Waals surface area contributed by atoms with Crippen molar-refractivity contribution in [1.29, 1.82) is 0 Å². The summed E-state index contributed by atoms with van der Waals surface area (Å²) in [4.78, 5) is 24.6. The fourth-order valence-electron chi connectivity index (χ4n) is 2.50. The number of rotatable bonds is 1. The number of likely N-dealkylation sites (tertiary alicyclic amines) is 1. The van der Waals surface area contributed by atoms with E-state index < -0.39 is 41.5 Å². The fraction of sp³-hybridized carbons (Fsp3) is 0.833. The van der Waals surface area contributed by atoms with Crippen molar-refractivity contribution < 1.29 is 27.8 Å². The zero-order valence-corrected chi connectivity index (χ0v) is 11.3. The number of ether oxygens (including phenoxy) is 2. The van der Waals surface area contributed by atoms with Gasteiger partial charge in [0.05, 0.1) is 18.9 Å². The Balaban J connectivity index is 2.14. The van der Waals surface area contributed by atoms with Gasteiger partial charge in [-0.1, -0.05) is 0 Å². The first kappa shape index (κ1) is 14.0. The molecule has 3 atom stereocenters. The summed E-state index contributed by atoms with van der Waals surface area (Å²) < 4.78 is 36.4. The van der Waals surface area contributed by atoms with Gasteiger partial charge in [0.25, 0.3) is 5.92 Å². The molecule has 1 saturated heterocycles. The normalized spacial score (nSPS) is 31.7. The largest absolute Gasteiger partial charge is 0.467 e. The molecule has 1 heterocycles. The molecule has 5 nitrogen and oxygen atoms in total. The molecule has 0 radical (unpaired) electrons. The average Bonchev–Trinajstić information content (AvgIpc) is 2.65. The lowest BCUT2D eigenvalue weighted by Gasteiger charge is -2.29. The van der Waals surface area contributed by atoms with Crippen LogP contribution in [0.1, 0.15) is 20.8 Å². The average molecular weight is 277 g/mol. The Morgan fingerprint density at radius 1 is 1.32 bits per heavy atom. The van der Waals surface area contributed by atoms with Crippen LogP contribution in [0.2, 0.25) is 0 Å². The second kappa shape index (κ2) is 4.05. The lowest BCUT2D eigenvalue weighted by Crippen LogP contribution is -2.48. The summed E-state index contributed by atoms with van der Waals surface area (Å²) in [7, 11) is 1.11. The fourth-order valence-corrected chi connectivity index (χ4v) is 2.50. The minimum absolute atomic E-state index is 0.174. The Kier molecular flexibility index (Phi) is 2.98. The molecule has 19 heavy (non-hydrogen) atoms. The number of hydrogen-bond acceptors (Lipinski definition) is 4. The maximum absolute atomic E-state index is 13.4. The van der Waals surface area contributed by atoms with Gasteiger partial charge in [-0.25, -0.2) is 18.4 Å². The molecule has 2 aliphatic rings. The van der Waals surface area contributed by atoms with Gasteiger partial charge in [0.15, 0.2) is 0 Å². The summed E-state index contributed by atoms with van der Waals surface area (Å²) in [5.74, 6) is -5.83. The van der Waals surface area contributed by atoms with Crippen molar-refractivity contribution >= 4 is 12.1 Å². The van der Waals surface area contributed by atoms with Crippen LogP contribution < -0.4 is 0 Å². The monoisotopic (exact) mass is 277 g/mol. The molecule has 2 fully saturated rings. The molecule has 0 aromatic heterocycles. The molecule has 7 heteroatoms. The van der Waals surface area contributed by atoms with E-state index >= 15 is 0 Å². The highest BCUT2D eigenvalue weighted by molar-refractivity contribution is 5.84. The number of carbonyl (C=O) groups is 2. The number of hydrogen-bond donors (Lipinski definition) is 0. The maximum Gasteiger partial charge on any atom is 0.411 e. The summed E-state index contributed by atoms with van der Waals surface area (Å²) in [6.45, 7) is 4.84. The van der Waals surface area contributed by atoms with Gasteiger partial charge in [-0.2, -0.15) is 0 Å². The summed E-state index contributed by atoms with van der Waals surface area (Å²) >= 11 is 0. The number of halogens is 2. The first-order chi connectivity index (χ1) is 8.59. The Bertz CT molecular complexity index is 418. The van der Waals surface area contributed by atoms with Crippen LogP contribution >= 0.6 is 0 Å². The van der Waals surface area contributed by atoms with E-state index in [2.05, 4.69) is 4.74 Å². The lowest BCUT2D eigenvalue weighted by atomic mass is 10.2. The van der Waals surface area contributed by atoms with E-state index in [0.717, 1.165) is 12.0 Å².